The number of carbonyl (C=O) groups is 1. The summed E-state index contributed by atoms with van der Waals surface area (Å²) in [6.07, 6.45) is 3.02. The molecule has 1 aliphatic rings. The van der Waals surface area contributed by atoms with Crippen LogP contribution in [0.1, 0.15) is 34.5 Å². The molecule has 0 bridgehead atoms. The number of hydrogen-bond donors (Lipinski definition) is 1. The topological polar surface area (TPSA) is 29.1 Å². The first kappa shape index (κ1) is 9.87. The van der Waals surface area contributed by atoms with Crippen LogP contribution in [-0.2, 0) is 0 Å². The van der Waals surface area contributed by atoms with Gasteiger partial charge in [-0.3, -0.25) is 4.79 Å². The van der Waals surface area contributed by atoms with E-state index in [4.69, 9.17) is 0 Å². The van der Waals surface area contributed by atoms with E-state index in [1.54, 1.807) is 11.3 Å². The summed E-state index contributed by atoms with van der Waals surface area (Å²) in [5.41, 5.74) is 0.890. The van der Waals surface area contributed by atoms with E-state index < -0.39 is 0 Å². The first-order valence-electron chi connectivity index (χ1n) is 5.07. The van der Waals surface area contributed by atoms with E-state index in [0.29, 0.717) is 12.5 Å². The van der Waals surface area contributed by atoms with E-state index in [2.05, 4.69) is 5.32 Å². The van der Waals surface area contributed by atoms with Gasteiger partial charge < -0.3 is 5.32 Å². The van der Waals surface area contributed by atoms with Gasteiger partial charge in [0.15, 0.2) is 5.78 Å². The number of ketones is 1. The molecule has 0 aromatic carbocycles. The van der Waals surface area contributed by atoms with Gasteiger partial charge in [0.1, 0.15) is 0 Å². The second-order valence-corrected chi connectivity index (χ2v) is 4.98. The Labute approximate surface area is 88.3 Å². The van der Waals surface area contributed by atoms with E-state index in [0.717, 1.165) is 18.5 Å². The fourth-order valence-corrected chi connectivity index (χ4v) is 2.57. The average molecular weight is 209 g/mol. The highest BCUT2D eigenvalue weighted by Gasteiger charge is 2.18. The van der Waals surface area contributed by atoms with Crippen LogP contribution in [0.2, 0.25) is 0 Å². The number of thiophene rings is 1. The van der Waals surface area contributed by atoms with Crippen LogP contribution in [0.5, 0.6) is 0 Å². The molecule has 1 fully saturated rings. The maximum atomic E-state index is 11.8. The fraction of sp³-hybridized carbons (Fsp3) is 0.545. The second-order valence-electron chi connectivity index (χ2n) is 3.87. The van der Waals surface area contributed by atoms with Crippen molar-refractivity contribution >= 4 is 17.1 Å². The summed E-state index contributed by atoms with van der Waals surface area (Å²) >= 11 is 1.65. The molecule has 2 heterocycles. The van der Waals surface area contributed by atoms with Crippen molar-refractivity contribution in [1.82, 2.24) is 5.32 Å². The smallest absolute Gasteiger partial charge is 0.165 e. The lowest BCUT2D eigenvalue weighted by atomic mass is 10.1. The summed E-state index contributed by atoms with van der Waals surface area (Å²) in [6.45, 7) is 3.11. The minimum Gasteiger partial charge on any atom is -0.314 e. The van der Waals surface area contributed by atoms with Crippen LogP contribution in [0.3, 0.4) is 0 Å². The van der Waals surface area contributed by atoms with Crippen molar-refractivity contribution < 1.29 is 4.79 Å². The van der Waals surface area contributed by atoms with Crippen LogP contribution >= 0.6 is 11.3 Å². The van der Waals surface area contributed by atoms with Gasteiger partial charge in [0.2, 0.25) is 0 Å². The quantitative estimate of drug-likeness (QED) is 0.774. The van der Waals surface area contributed by atoms with Gasteiger partial charge in [-0.2, -0.15) is 0 Å². The molecule has 1 aromatic heterocycles. The van der Waals surface area contributed by atoms with Gasteiger partial charge in [0, 0.05) is 28.3 Å². The molecule has 0 radical (unpaired) electrons. The van der Waals surface area contributed by atoms with E-state index in [1.807, 2.05) is 18.4 Å². The molecule has 0 aliphatic carbocycles. The predicted molar refractivity (Wildman–Crippen MR) is 59.0 cm³/mol. The number of carbonyl (C=O) groups excluding carboxylic acids is 1. The van der Waals surface area contributed by atoms with Crippen molar-refractivity contribution in [1.29, 1.82) is 0 Å². The Balaban J connectivity index is 1.95. The highest BCUT2D eigenvalue weighted by Crippen LogP contribution is 2.17. The molecule has 3 heteroatoms. The molecule has 2 nitrogen and oxygen atoms in total. The lowest BCUT2D eigenvalue weighted by Gasteiger charge is -2.07. The van der Waals surface area contributed by atoms with Gasteiger partial charge in [-0.05, 0) is 32.4 Å². The molecular weight excluding hydrogens is 194 g/mol. The van der Waals surface area contributed by atoms with E-state index >= 15 is 0 Å². The molecular formula is C11H15NOS. The van der Waals surface area contributed by atoms with Gasteiger partial charge in [-0.15, -0.1) is 11.3 Å². The largest absolute Gasteiger partial charge is 0.314 e. The molecule has 1 aromatic rings. The zero-order valence-electron chi connectivity index (χ0n) is 8.38. The summed E-state index contributed by atoms with van der Waals surface area (Å²) in [5, 5.41) is 5.31. The van der Waals surface area contributed by atoms with Gasteiger partial charge in [0.25, 0.3) is 0 Å². The third-order valence-electron chi connectivity index (χ3n) is 2.65. The van der Waals surface area contributed by atoms with Crippen LogP contribution in [0.15, 0.2) is 11.4 Å². The Morgan fingerprint density at radius 2 is 2.57 bits per heavy atom. The third-order valence-corrected chi connectivity index (χ3v) is 3.51. The average Bonchev–Trinajstić information content (AvgIpc) is 2.75. The summed E-state index contributed by atoms with van der Waals surface area (Å²) in [6, 6.07) is 2.41. The highest BCUT2D eigenvalue weighted by atomic mass is 32.1. The number of hydrogen-bond acceptors (Lipinski definition) is 3. The van der Waals surface area contributed by atoms with Gasteiger partial charge in [-0.25, -0.2) is 0 Å². The Kier molecular flexibility index (Phi) is 2.99. The molecule has 1 saturated heterocycles. The first-order chi connectivity index (χ1) is 6.75. The van der Waals surface area contributed by atoms with Crippen LogP contribution in [0.25, 0.3) is 0 Å². The summed E-state index contributed by atoms with van der Waals surface area (Å²) in [5.74, 6) is 0.286. The van der Waals surface area contributed by atoms with Crippen molar-refractivity contribution in [3.8, 4) is 0 Å². The molecule has 14 heavy (non-hydrogen) atoms. The third kappa shape index (κ3) is 2.22. The molecule has 1 unspecified atom stereocenters. The predicted octanol–water partition coefficient (Wildman–Crippen LogP) is 2.38. The molecule has 2 rings (SSSR count). The maximum absolute atomic E-state index is 11.8. The molecule has 0 amide bonds. The first-order valence-corrected chi connectivity index (χ1v) is 5.95. The van der Waals surface area contributed by atoms with Gasteiger partial charge >= 0.3 is 0 Å². The Morgan fingerprint density at radius 1 is 1.71 bits per heavy atom. The normalized spacial score (nSPS) is 21.4. The van der Waals surface area contributed by atoms with Gasteiger partial charge in [-0.1, -0.05) is 0 Å². The second kappa shape index (κ2) is 4.24. The molecule has 0 saturated carbocycles. The van der Waals surface area contributed by atoms with E-state index in [-0.39, 0.29) is 5.78 Å². The molecule has 1 N–H and O–H groups in total. The number of nitrogens with one attached hydrogen (secondary N) is 1. The van der Waals surface area contributed by atoms with Crippen LogP contribution < -0.4 is 5.32 Å². The van der Waals surface area contributed by atoms with Crippen molar-refractivity contribution in [2.24, 2.45) is 0 Å². The lowest BCUT2D eigenvalue weighted by Crippen LogP contribution is -2.24. The minimum absolute atomic E-state index is 0.286. The van der Waals surface area contributed by atoms with Crippen LogP contribution in [-0.4, -0.2) is 18.4 Å². The van der Waals surface area contributed by atoms with Gasteiger partial charge in [0.05, 0.1) is 0 Å². The molecule has 0 spiro atoms. The summed E-state index contributed by atoms with van der Waals surface area (Å²) in [4.78, 5) is 13.0. The van der Waals surface area contributed by atoms with Crippen LogP contribution in [0, 0.1) is 6.92 Å². The number of aryl methyl sites for hydroxylation is 1. The Morgan fingerprint density at radius 3 is 3.14 bits per heavy atom. The Bertz CT molecular complexity index is 326. The minimum atomic E-state index is 0.286. The standard InChI is InChI=1S/C11H15NOS/c1-8-5-9(7-14-8)11(13)6-10-3-2-4-12-10/h5,7,10,12H,2-4,6H2,1H3. The molecule has 1 aliphatic heterocycles. The van der Waals surface area contributed by atoms with Crippen molar-refractivity contribution in [3.05, 3.63) is 21.9 Å². The van der Waals surface area contributed by atoms with Crippen molar-refractivity contribution in [2.45, 2.75) is 32.2 Å². The fourth-order valence-electron chi connectivity index (χ4n) is 1.86. The van der Waals surface area contributed by atoms with Crippen LogP contribution in [0.4, 0.5) is 0 Å². The van der Waals surface area contributed by atoms with Crippen molar-refractivity contribution in [3.63, 3.8) is 0 Å². The lowest BCUT2D eigenvalue weighted by molar-refractivity contribution is 0.0972. The molecule has 76 valence electrons. The zero-order chi connectivity index (χ0) is 9.97. The SMILES string of the molecule is Cc1cc(C(=O)CC2CCCN2)cs1. The zero-order valence-corrected chi connectivity index (χ0v) is 9.19. The maximum Gasteiger partial charge on any atom is 0.165 e. The molecule has 1 atom stereocenters. The monoisotopic (exact) mass is 209 g/mol. The number of Topliss-reactive ketones (excluding diaryl/α,β-unsaturated/α-hetero) is 1. The number of rotatable bonds is 3. The van der Waals surface area contributed by atoms with E-state index in [1.165, 1.54) is 11.3 Å². The summed E-state index contributed by atoms with van der Waals surface area (Å²) < 4.78 is 0. The summed E-state index contributed by atoms with van der Waals surface area (Å²) in [7, 11) is 0. The van der Waals surface area contributed by atoms with Crippen molar-refractivity contribution in [2.75, 3.05) is 6.54 Å². The Hall–Kier alpha value is -0.670. The highest BCUT2D eigenvalue weighted by molar-refractivity contribution is 7.10. The van der Waals surface area contributed by atoms with E-state index in [9.17, 15) is 4.79 Å².